The number of rotatable bonds is 7. The number of nitrogens with two attached hydrogens (primary N) is 1. The molecule has 2 atom stereocenters. The standard InChI is InChI=1S/C26H30ClN7O3/c1-6-23(35)33-12-16(9-18(33)14-37-5)13-34-26(29-3)24(25(28)36)20(31-34)8-7-17-10-21-22(11-19(17)27)32(4)15(2)30-21/h6,10-11,16,18,29H,1,9,12-14H2,2-5H3,(H2,28,36)/t16-,18+/m0/s1. The van der Waals surface area contributed by atoms with Crippen LogP contribution in [0.25, 0.3) is 11.0 Å². The number of nitrogens with one attached hydrogen (secondary N) is 1. The minimum absolute atomic E-state index is 0.0590. The van der Waals surface area contributed by atoms with Crippen LogP contribution in [0.5, 0.6) is 0 Å². The first-order valence-electron chi connectivity index (χ1n) is 11.8. The van der Waals surface area contributed by atoms with Gasteiger partial charge in [-0.3, -0.25) is 9.59 Å². The second-order valence-electron chi connectivity index (χ2n) is 9.06. The molecule has 2 amide bonds. The summed E-state index contributed by atoms with van der Waals surface area (Å²) in [7, 11) is 5.23. The van der Waals surface area contributed by atoms with Crippen LogP contribution in [0.15, 0.2) is 24.8 Å². The number of fused-ring (bicyclic) bond motifs is 1. The molecule has 0 radical (unpaired) electrons. The maximum atomic E-state index is 12.4. The van der Waals surface area contributed by atoms with Gasteiger partial charge in [-0.1, -0.05) is 24.1 Å². The summed E-state index contributed by atoms with van der Waals surface area (Å²) in [4.78, 5) is 31.0. The molecule has 0 unspecified atom stereocenters. The number of primary amides is 1. The lowest BCUT2D eigenvalue weighted by atomic mass is 10.1. The van der Waals surface area contributed by atoms with Crippen LogP contribution in [0.4, 0.5) is 5.82 Å². The summed E-state index contributed by atoms with van der Waals surface area (Å²) in [5.41, 5.74) is 8.42. The van der Waals surface area contributed by atoms with E-state index in [1.54, 1.807) is 23.7 Å². The number of anilines is 1. The van der Waals surface area contributed by atoms with E-state index >= 15 is 0 Å². The number of likely N-dealkylation sites (tertiary alicyclic amines) is 1. The number of halogens is 1. The fourth-order valence-corrected chi connectivity index (χ4v) is 5.06. The highest BCUT2D eigenvalue weighted by Gasteiger charge is 2.35. The van der Waals surface area contributed by atoms with Crippen molar-refractivity contribution in [3.63, 3.8) is 0 Å². The van der Waals surface area contributed by atoms with Crippen LogP contribution < -0.4 is 11.1 Å². The van der Waals surface area contributed by atoms with E-state index in [-0.39, 0.29) is 29.1 Å². The Balaban J connectivity index is 1.67. The third-order valence-corrected chi connectivity index (χ3v) is 7.01. The van der Waals surface area contributed by atoms with Crippen molar-refractivity contribution >= 4 is 40.3 Å². The third-order valence-electron chi connectivity index (χ3n) is 6.69. The number of hydrogen-bond donors (Lipinski definition) is 2. The van der Waals surface area contributed by atoms with Gasteiger partial charge in [0.05, 0.1) is 28.7 Å². The monoisotopic (exact) mass is 523 g/mol. The van der Waals surface area contributed by atoms with Crippen LogP contribution in [-0.2, 0) is 23.1 Å². The normalized spacial score (nSPS) is 17.1. The van der Waals surface area contributed by atoms with Gasteiger partial charge in [-0.25, -0.2) is 9.67 Å². The minimum Gasteiger partial charge on any atom is -0.383 e. The van der Waals surface area contributed by atoms with Gasteiger partial charge in [-0.15, -0.1) is 0 Å². The van der Waals surface area contributed by atoms with Crippen LogP contribution >= 0.6 is 11.6 Å². The zero-order chi connectivity index (χ0) is 26.9. The fourth-order valence-electron chi connectivity index (χ4n) is 4.85. The molecule has 3 heterocycles. The molecular formula is C26H30ClN7O3. The molecule has 11 heteroatoms. The number of aryl methyl sites for hydroxylation is 2. The van der Waals surface area contributed by atoms with E-state index in [0.717, 1.165) is 23.3 Å². The van der Waals surface area contributed by atoms with Crippen molar-refractivity contribution in [2.75, 3.05) is 32.6 Å². The molecule has 1 saturated heterocycles. The van der Waals surface area contributed by atoms with Gasteiger partial charge in [0.15, 0.2) is 5.69 Å². The molecule has 4 rings (SSSR count). The largest absolute Gasteiger partial charge is 0.383 e. The van der Waals surface area contributed by atoms with Crippen LogP contribution in [0.1, 0.15) is 33.9 Å². The lowest BCUT2D eigenvalue weighted by Gasteiger charge is -2.22. The van der Waals surface area contributed by atoms with Gasteiger partial charge >= 0.3 is 0 Å². The van der Waals surface area contributed by atoms with Gasteiger partial charge in [0.1, 0.15) is 17.2 Å². The number of benzene rings is 1. The Kier molecular flexibility index (Phi) is 7.57. The van der Waals surface area contributed by atoms with Gasteiger partial charge in [0.2, 0.25) is 5.91 Å². The molecule has 3 aromatic rings. The number of aromatic nitrogens is 4. The molecule has 2 aromatic heterocycles. The number of hydrogen-bond acceptors (Lipinski definition) is 6. The van der Waals surface area contributed by atoms with E-state index in [1.165, 1.54) is 6.08 Å². The zero-order valence-corrected chi connectivity index (χ0v) is 22.1. The van der Waals surface area contributed by atoms with Gasteiger partial charge in [-0.05, 0) is 43.4 Å². The molecule has 1 aromatic carbocycles. The van der Waals surface area contributed by atoms with Crippen molar-refractivity contribution in [2.45, 2.75) is 25.9 Å². The Morgan fingerprint density at radius 2 is 2.14 bits per heavy atom. The molecular weight excluding hydrogens is 494 g/mol. The molecule has 37 heavy (non-hydrogen) atoms. The molecule has 0 saturated carbocycles. The Morgan fingerprint density at radius 3 is 2.78 bits per heavy atom. The number of carbonyl (C=O) groups is 2. The average Bonchev–Trinajstić information content (AvgIpc) is 3.51. The fraction of sp³-hybridized carbons (Fsp3) is 0.385. The molecule has 0 bridgehead atoms. The van der Waals surface area contributed by atoms with E-state index in [0.29, 0.717) is 36.1 Å². The summed E-state index contributed by atoms with van der Waals surface area (Å²) in [5.74, 6) is 6.65. The maximum Gasteiger partial charge on any atom is 0.255 e. The lowest BCUT2D eigenvalue weighted by molar-refractivity contribution is -0.127. The van der Waals surface area contributed by atoms with Crippen molar-refractivity contribution in [3.05, 3.63) is 52.5 Å². The molecule has 10 nitrogen and oxygen atoms in total. The molecule has 1 aliphatic heterocycles. The first-order valence-corrected chi connectivity index (χ1v) is 12.2. The summed E-state index contributed by atoms with van der Waals surface area (Å²) < 4.78 is 8.95. The molecule has 3 N–H and O–H groups in total. The van der Waals surface area contributed by atoms with Gasteiger partial charge in [0.25, 0.3) is 5.91 Å². The Hall–Kier alpha value is -3.81. The van der Waals surface area contributed by atoms with Crippen molar-refractivity contribution < 1.29 is 14.3 Å². The number of ether oxygens (including phenoxy) is 1. The Bertz CT molecular complexity index is 1450. The number of nitrogens with zero attached hydrogens (tertiary/aromatic N) is 5. The first-order chi connectivity index (χ1) is 17.7. The molecule has 0 spiro atoms. The van der Waals surface area contributed by atoms with E-state index in [1.807, 2.05) is 30.7 Å². The molecule has 194 valence electrons. The van der Waals surface area contributed by atoms with Gasteiger partial charge in [-0.2, -0.15) is 5.10 Å². The quantitative estimate of drug-likeness (QED) is 0.362. The number of amides is 2. The van der Waals surface area contributed by atoms with Crippen LogP contribution in [0.3, 0.4) is 0 Å². The lowest BCUT2D eigenvalue weighted by Crippen LogP contribution is -2.37. The second-order valence-corrected chi connectivity index (χ2v) is 9.47. The summed E-state index contributed by atoms with van der Waals surface area (Å²) >= 11 is 6.50. The van der Waals surface area contributed by atoms with Crippen LogP contribution in [0.2, 0.25) is 5.02 Å². The summed E-state index contributed by atoms with van der Waals surface area (Å²) in [6.45, 7) is 6.93. The number of imidazole rings is 1. The number of carbonyl (C=O) groups excluding carboxylic acids is 2. The van der Waals surface area contributed by atoms with Crippen molar-refractivity contribution in [3.8, 4) is 11.8 Å². The van der Waals surface area contributed by atoms with E-state index in [2.05, 4.69) is 33.8 Å². The highest BCUT2D eigenvalue weighted by Crippen LogP contribution is 2.28. The van der Waals surface area contributed by atoms with Crippen molar-refractivity contribution in [1.82, 2.24) is 24.2 Å². The minimum atomic E-state index is -0.644. The SMILES string of the molecule is C=CC(=O)N1C[C@@H](Cn2nc(C#Cc3cc4nc(C)n(C)c4cc3Cl)c(C(N)=O)c2NC)C[C@@H]1COC. The van der Waals surface area contributed by atoms with E-state index in [9.17, 15) is 9.59 Å². The van der Waals surface area contributed by atoms with Crippen molar-refractivity contribution in [1.29, 1.82) is 0 Å². The summed E-state index contributed by atoms with van der Waals surface area (Å²) in [6, 6.07) is 3.58. The highest BCUT2D eigenvalue weighted by molar-refractivity contribution is 6.32. The number of methoxy groups -OCH3 is 1. The van der Waals surface area contributed by atoms with E-state index in [4.69, 9.17) is 22.1 Å². The third kappa shape index (κ3) is 5.05. The first kappa shape index (κ1) is 26.3. The van der Waals surface area contributed by atoms with Gasteiger partial charge in [0, 0.05) is 39.9 Å². The van der Waals surface area contributed by atoms with E-state index < -0.39 is 5.91 Å². The smallest absolute Gasteiger partial charge is 0.255 e. The summed E-state index contributed by atoms with van der Waals surface area (Å²) in [5, 5.41) is 8.12. The zero-order valence-electron chi connectivity index (χ0n) is 21.3. The topological polar surface area (TPSA) is 120 Å². The van der Waals surface area contributed by atoms with Crippen LogP contribution in [0, 0.1) is 24.7 Å². The maximum absolute atomic E-state index is 12.4. The average molecular weight is 524 g/mol. The molecule has 1 aliphatic rings. The predicted octanol–water partition coefficient (Wildman–Crippen LogP) is 2.32. The van der Waals surface area contributed by atoms with Crippen molar-refractivity contribution in [2.24, 2.45) is 18.7 Å². The van der Waals surface area contributed by atoms with Crippen LogP contribution in [-0.4, -0.2) is 69.4 Å². The highest BCUT2D eigenvalue weighted by atomic mass is 35.5. The second kappa shape index (κ2) is 10.7. The molecule has 0 aliphatic carbocycles. The predicted molar refractivity (Wildman–Crippen MR) is 142 cm³/mol. The Labute approximate surface area is 220 Å². The Morgan fingerprint density at radius 1 is 1.38 bits per heavy atom. The van der Waals surface area contributed by atoms with Gasteiger partial charge < -0.3 is 25.3 Å². The molecule has 1 fully saturated rings. The summed E-state index contributed by atoms with van der Waals surface area (Å²) in [6.07, 6.45) is 2.04.